The molecule has 6 heteroatoms. The Morgan fingerprint density at radius 3 is 2.40 bits per heavy atom. The van der Waals surface area contributed by atoms with Crippen LogP contribution < -0.4 is 0 Å². The quantitative estimate of drug-likeness (QED) is 0.288. The summed E-state index contributed by atoms with van der Waals surface area (Å²) in [5, 5.41) is 11.5. The van der Waals surface area contributed by atoms with Crippen LogP contribution in [0, 0.1) is 11.3 Å². The standard InChI is InChI=1S/C29H42O6/c1-7-9-13-21(8-2)20-34-26(30)17-16-22-18-24(28(3,4)5)29(32,33-6)25(19-22)35-27(31)23-14-11-10-12-15-23/h10-12,14-15,18-19,21,25,32H,7-9,13,16-17,20H2,1-6H3. The Bertz CT molecular complexity index is 895. The van der Waals surface area contributed by atoms with Crippen LogP contribution in [0.3, 0.4) is 0 Å². The minimum absolute atomic E-state index is 0.203. The summed E-state index contributed by atoms with van der Waals surface area (Å²) in [6.45, 7) is 10.6. The Labute approximate surface area is 210 Å². The lowest BCUT2D eigenvalue weighted by atomic mass is 9.75. The molecule has 0 spiro atoms. The second-order valence-corrected chi connectivity index (χ2v) is 10.2. The SMILES string of the molecule is CCCCC(CC)COC(=O)CCC1=CC(OC(=O)c2ccccc2)C(O)(OC)C(C(C)(C)C)=C1. The molecule has 2 rings (SSSR count). The number of carbonyl (C=O) groups excluding carboxylic acids is 2. The Kier molecular flexibility index (Phi) is 10.7. The average Bonchev–Trinajstić information content (AvgIpc) is 2.84. The van der Waals surface area contributed by atoms with E-state index in [1.807, 2.05) is 32.9 Å². The average molecular weight is 487 g/mol. The highest BCUT2D eigenvalue weighted by Gasteiger charge is 2.48. The van der Waals surface area contributed by atoms with E-state index < -0.39 is 23.3 Å². The van der Waals surface area contributed by atoms with Gasteiger partial charge in [-0.1, -0.05) is 78.2 Å². The van der Waals surface area contributed by atoms with Crippen molar-refractivity contribution in [2.45, 2.75) is 85.0 Å². The van der Waals surface area contributed by atoms with Crippen molar-refractivity contribution in [3.63, 3.8) is 0 Å². The summed E-state index contributed by atoms with van der Waals surface area (Å²) in [6, 6.07) is 8.62. The van der Waals surface area contributed by atoms with Gasteiger partial charge < -0.3 is 19.3 Å². The number of esters is 2. The molecule has 3 unspecified atom stereocenters. The first-order valence-electron chi connectivity index (χ1n) is 12.7. The summed E-state index contributed by atoms with van der Waals surface area (Å²) >= 11 is 0. The number of hydrogen-bond donors (Lipinski definition) is 1. The van der Waals surface area contributed by atoms with E-state index in [9.17, 15) is 14.7 Å². The van der Waals surface area contributed by atoms with E-state index in [0.717, 1.165) is 31.3 Å². The van der Waals surface area contributed by atoms with Crippen molar-refractivity contribution in [1.82, 2.24) is 0 Å². The Balaban J connectivity index is 2.17. The van der Waals surface area contributed by atoms with Gasteiger partial charge in [0.2, 0.25) is 5.79 Å². The molecule has 194 valence electrons. The summed E-state index contributed by atoms with van der Waals surface area (Å²) in [6.07, 6.45) is 7.37. The number of methoxy groups -OCH3 is 1. The van der Waals surface area contributed by atoms with Gasteiger partial charge in [-0.15, -0.1) is 0 Å². The van der Waals surface area contributed by atoms with Gasteiger partial charge in [-0.05, 0) is 53.5 Å². The third-order valence-corrected chi connectivity index (χ3v) is 6.47. The van der Waals surface area contributed by atoms with Crippen LogP contribution in [0.1, 0.15) is 83.5 Å². The fraction of sp³-hybridized carbons (Fsp3) is 0.586. The molecule has 35 heavy (non-hydrogen) atoms. The maximum absolute atomic E-state index is 12.8. The molecule has 0 aliphatic heterocycles. The van der Waals surface area contributed by atoms with E-state index in [4.69, 9.17) is 14.2 Å². The van der Waals surface area contributed by atoms with E-state index in [-0.39, 0.29) is 12.4 Å². The number of unbranched alkanes of at least 4 members (excludes halogenated alkanes) is 1. The summed E-state index contributed by atoms with van der Waals surface area (Å²) in [5.74, 6) is -2.25. The van der Waals surface area contributed by atoms with E-state index >= 15 is 0 Å². The molecule has 0 amide bonds. The van der Waals surface area contributed by atoms with Crippen molar-refractivity contribution in [3.05, 3.63) is 59.2 Å². The van der Waals surface area contributed by atoms with Crippen LogP contribution in [0.2, 0.25) is 0 Å². The van der Waals surface area contributed by atoms with Gasteiger partial charge in [0.25, 0.3) is 0 Å². The molecule has 3 atom stereocenters. The van der Waals surface area contributed by atoms with Crippen molar-refractivity contribution < 1.29 is 28.9 Å². The van der Waals surface area contributed by atoms with Gasteiger partial charge in [-0.25, -0.2) is 4.79 Å². The van der Waals surface area contributed by atoms with Crippen LogP contribution in [0.5, 0.6) is 0 Å². The zero-order valence-corrected chi connectivity index (χ0v) is 22.1. The highest BCUT2D eigenvalue weighted by atomic mass is 16.7. The summed E-state index contributed by atoms with van der Waals surface area (Å²) in [7, 11) is 1.39. The van der Waals surface area contributed by atoms with Crippen LogP contribution in [0.25, 0.3) is 0 Å². The summed E-state index contributed by atoms with van der Waals surface area (Å²) in [5.41, 5.74) is 1.27. The fourth-order valence-electron chi connectivity index (χ4n) is 4.23. The monoisotopic (exact) mass is 486 g/mol. The third-order valence-electron chi connectivity index (χ3n) is 6.47. The minimum atomic E-state index is -1.82. The number of carbonyl (C=O) groups is 2. The predicted molar refractivity (Wildman–Crippen MR) is 137 cm³/mol. The van der Waals surface area contributed by atoms with Gasteiger partial charge in [-0.3, -0.25) is 4.79 Å². The number of rotatable bonds is 12. The minimum Gasteiger partial charge on any atom is -0.465 e. The van der Waals surface area contributed by atoms with Gasteiger partial charge >= 0.3 is 11.9 Å². The molecule has 0 bridgehead atoms. The molecule has 1 aromatic carbocycles. The molecular weight excluding hydrogens is 444 g/mol. The number of hydrogen-bond acceptors (Lipinski definition) is 6. The zero-order chi connectivity index (χ0) is 26.1. The summed E-state index contributed by atoms with van der Waals surface area (Å²) in [4.78, 5) is 25.2. The van der Waals surface area contributed by atoms with Crippen molar-refractivity contribution >= 4 is 11.9 Å². The van der Waals surface area contributed by atoms with Gasteiger partial charge in [0.1, 0.15) is 0 Å². The molecule has 1 N–H and O–H groups in total. The molecule has 1 aliphatic rings. The van der Waals surface area contributed by atoms with Crippen LogP contribution in [0.4, 0.5) is 0 Å². The Morgan fingerprint density at radius 1 is 1.14 bits per heavy atom. The van der Waals surface area contributed by atoms with Gasteiger partial charge in [0.15, 0.2) is 6.10 Å². The second kappa shape index (κ2) is 13.0. The van der Waals surface area contributed by atoms with Gasteiger partial charge in [-0.2, -0.15) is 0 Å². The maximum Gasteiger partial charge on any atom is 0.338 e. The first-order chi connectivity index (χ1) is 16.5. The lowest BCUT2D eigenvalue weighted by Gasteiger charge is -2.42. The number of allylic oxidation sites excluding steroid dienone is 2. The lowest BCUT2D eigenvalue weighted by molar-refractivity contribution is -0.211. The maximum atomic E-state index is 12.8. The molecule has 6 nitrogen and oxygen atoms in total. The highest BCUT2D eigenvalue weighted by molar-refractivity contribution is 5.89. The number of ether oxygens (including phenoxy) is 3. The molecule has 0 saturated carbocycles. The second-order valence-electron chi connectivity index (χ2n) is 10.2. The summed E-state index contributed by atoms with van der Waals surface area (Å²) < 4.78 is 16.8. The highest BCUT2D eigenvalue weighted by Crippen LogP contribution is 2.42. The predicted octanol–water partition coefficient (Wildman–Crippen LogP) is 6.00. The molecule has 1 aliphatic carbocycles. The first kappa shape index (κ1) is 28.8. The van der Waals surface area contributed by atoms with Gasteiger partial charge in [0.05, 0.1) is 12.2 Å². The number of aliphatic hydroxyl groups is 1. The van der Waals surface area contributed by atoms with Crippen LogP contribution >= 0.6 is 0 Å². The Morgan fingerprint density at radius 2 is 1.83 bits per heavy atom. The molecule has 1 aromatic rings. The molecule has 0 fully saturated rings. The van der Waals surface area contributed by atoms with Crippen LogP contribution in [-0.2, 0) is 19.0 Å². The fourth-order valence-corrected chi connectivity index (χ4v) is 4.23. The smallest absolute Gasteiger partial charge is 0.338 e. The van der Waals surface area contributed by atoms with Crippen molar-refractivity contribution in [2.75, 3.05) is 13.7 Å². The van der Waals surface area contributed by atoms with E-state index in [1.54, 1.807) is 30.3 Å². The van der Waals surface area contributed by atoms with Crippen LogP contribution in [0.15, 0.2) is 53.6 Å². The van der Waals surface area contributed by atoms with E-state index in [1.165, 1.54) is 7.11 Å². The topological polar surface area (TPSA) is 82.1 Å². The zero-order valence-electron chi connectivity index (χ0n) is 22.1. The van der Waals surface area contributed by atoms with E-state index in [2.05, 4.69) is 13.8 Å². The van der Waals surface area contributed by atoms with Crippen LogP contribution in [-0.4, -0.2) is 42.7 Å². The molecule has 0 aromatic heterocycles. The largest absolute Gasteiger partial charge is 0.465 e. The molecular formula is C29H42O6. The lowest BCUT2D eigenvalue weighted by Crippen LogP contribution is -2.51. The Hall–Kier alpha value is -2.44. The van der Waals surface area contributed by atoms with Crippen molar-refractivity contribution in [2.24, 2.45) is 11.3 Å². The first-order valence-corrected chi connectivity index (χ1v) is 12.7. The normalized spacial score (nSPS) is 21.1. The molecule has 0 saturated heterocycles. The van der Waals surface area contributed by atoms with E-state index in [0.29, 0.717) is 30.1 Å². The number of benzene rings is 1. The third kappa shape index (κ3) is 8.04. The molecule has 0 radical (unpaired) electrons. The molecule has 0 heterocycles. The van der Waals surface area contributed by atoms with Crippen molar-refractivity contribution in [3.8, 4) is 0 Å². The van der Waals surface area contributed by atoms with Crippen molar-refractivity contribution in [1.29, 1.82) is 0 Å². The van der Waals surface area contributed by atoms with Gasteiger partial charge in [0, 0.05) is 13.5 Å².